The molecule has 2 saturated heterocycles. The van der Waals surface area contributed by atoms with Crippen LogP contribution in [0.4, 0.5) is 4.39 Å². The first-order valence-electron chi connectivity index (χ1n) is 11.7. The van der Waals surface area contributed by atoms with Gasteiger partial charge in [0.15, 0.2) is 0 Å². The monoisotopic (exact) mass is 382 g/mol. The van der Waals surface area contributed by atoms with Gasteiger partial charge in [-0.15, -0.1) is 0 Å². The lowest BCUT2D eigenvalue weighted by Crippen LogP contribution is -2.56. The molecular formula is C25H35FN2. The fourth-order valence-electron chi connectivity index (χ4n) is 6.61. The van der Waals surface area contributed by atoms with Gasteiger partial charge < -0.3 is 4.57 Å². The van der Waals surface area contributed by atoms with Gasteiger partial charge in [0, 0.05) is 35.8 Å². The van der Waals surface area contributed by atoms with Gasteiger partial charge in [0.2, 0.25) is 0 Å². The average molecular weight is 383 g/mol. The first-order chi connectivity index (χ1) is 13.7. The van der Waals surface area contributed by atoms with E-state index in [4.69, 9.17) is 0 Å². The summed E-state index contributed by atoms with van der Waals surface area (Å²) in [5.41, 5.74) is 1.08. The van der Waals surface area contributed by atoms with Crippen LogP contribution < -0.4 is 0 Å². The van der Waals surface area contributed by atoms with E-state index in [2.05, 4.69) is 22.5 Å². The zero-order chi connectivity index (χ0) is 19.1. The summed E-state index contributed by atoms with van der Waals surface area (Å²) in [7, 11) is 0. The van der Waals surface area contributed by atoms with Crippen LogP contribution in [0, 0.1) is 11.7 Å². The zero-order valence-corrected chi connectivity index (χ0v) is 17.3. The van der Waals surface area contributed by atoms with E-state index in [1.54, 1.807) is 6.20 Å². The van der Waals surface area contributed by atoms with E-state index >= 15 is 0 Å². The standard InChI is InChI=1S/C25H35FN2/c1-18-7-2-3-8-19(14-13-18)28-20-9-6-10-21(28)16-22(15-20)27-17-24(26)23-11-4-5-12-25(23)27/h4-5,11-12,17-22H,2-3,6-10,13-16H2,1H3. The van der Waals surface area contributed by atoms with Gasteiger partial charge in [-0.1, -0.05) is 44.7 Å². The Morgan fingerprint density at radius 3 is 2.32 bits per heavy atom. The second-order valence-electron chi connectivity index (χ2n) is 9.83. The van der Waals surface area contributed by atoms with E-state index in [1.807, 2.05) is 18.2 Å². The van der Waals surface area contributed by atoms with Crippen LogP contribution in [-0.4, -0.2) is 27.6 Å². The van der Waals surface area contributed by atoms with Crippen molar-refractivity contribution in [1.82, 2.24) is 9.47 Å². The molecule has 3 heterocycles. The highest BCUT2D eigenvalue weighted by Crippen LogP contribution is 2.43. The third-order valence-electron chi connectivity index (χ3n) is 7.99. The number of aromatic nitrogens is 1. The molecule has 2 aliphatic heterocycles. The SMILES string of the molecule is CC1CCCCC(N2C3CCCC2CC(n2cc(F)c4ccccc42)C3)CC1. The van der Waals surface area contributed by atoms with Crippen molar-refractivity contribution in [2.45, 2.75) is 102 Å². The fourth-order valence-corrected chi connectivity index (χ4v) is 6.61. The summed E-state index contributed by atoms with van der Waals surface area (Å²) < 4.78 is 16.8. The molecule has 0 radical (unpaired) electrons. The highest BCUT2D eigenvalue weighted by atomic mass is 19.1. The third kappa shape index (κ3) is 3.40. The maximum absolute atomic E-state index is 14.5. The van der Waals surface area contributed by atoms with Crippen molar-refractivity contribution in [3.63, 3.8) is 0 Å². The molecule has 3 aliphatic rings. The number of fused-ring (bicyclic) bond motifs is 3. The maximum atomic E-state index is 14.5. The molecule has 1 aromatic carbocycles. The van der Waals surface area contributed by atoms with Crippen LogP contribution >= 0.6 is 0 Å². The summed E-state index contributed by atoms with van der Waals surface area (Å²) in [4.78, 5) is 2.96. The lowest BCUT2D eigenvalue weighted by molar-refractivity contribution is -0.0256. The zero-order valence-electron chi connectivity index (χ0n) is 17.3. The largest absolute Gasteiger partial charge is 0.341 e. The lowest BCUT2D eigenvalue weighted by Gasteiger charge is -2.53. The third-order valence-corrected chi connectivity index (χ3v) is 7.99. The summed E-state index contributed by atoms with van der Waals surface area (Å²) in [6, 6.07) is 10.6. The van der Waals surface area contributed by atoms with Crippen molar-refractivity contribution in [1.29, 1.82) is 0 Å². The molecule has 4 atom stereocenters. The number of hydrogen-bond acceptors (Lipinski definition) is 1. The Bertz CT molecular complexity index is 798. The van der Waals surface area contributed by atoms with Crippen LogP contribution in [0.25, 0.3) is 10.9 Å². The number of rotatable bonds is 2. The number of para-hydroxylation sites is 1. The molecule has 2 nitrogen and oxygen atoms in total. The van der Waals surface area contributed by atoms with Crippen LogP contribution in [-0.2, 0) is 0 Å². The highest BCUT2D eigenvalue weighted by molar-refractivity contribution is 5.80. The van der Waals surface area contributed by atoms with E-state index in [-0.39, 0.29) is 5.82 Å². The summed E-state index contributed by atoms with van der Waals surface area (Å²) in [6.07, 6.45) is 16.6. The summed E-state index contributed by atoms with van der Waals surface area (Å²) in [5.74, 6) is 0.839. The Labute approximate surface area is 169 Å². The fraction of sp³-hybridized carbons (Fsp3) is 0.680. The minimum absolute atomic E-state index is 0.0582. The number of benzene rings is 1. The minimum atomic E-state index is -0.0582. The molecule has 1 aliphatic carbocycles. The molecule has 0 amide bonds. The normalized spacial score (nSPS) is 34.9. The van der Waals surface area contributed by atoms with Gasteiger partial charge in [0.25, 0.3) is 0 Å². The number of halogens is 1. The van der Waals surface area contributed by atoms with Crippen LogP contribution in [0.5, 0.6) is 0 Å². The smallest absolute Gasteiger partial charge is 0.148 e. The van der Waals surface area contributed by atoms with Crippen LogP contribution in [0.15, 0.2) is 30.5 Å². The second-order valence-corrected chi connectivity index (χ2v) is 9.83. The number of hydrogen-bond donors (Lipinski definition) is 0. The highest BCUT2D eigenvalue weighted by Gasteiger charge is 2.42. The van der Waals surface area contributed by atoms with E-state index in [0.29, 0.717) is 18.1 Å². The molecule has 1 saturated carbocycles. The van der Waals surface area contributed by atoms with E-state index in [0.717, 1.165) is 22.9 Å². The second kappa shape index (κ2) is 7.82. The minimum Gasteiger partial charge on any atom is -0.341 e. The van der Waals surface area contributed by atoms with E-state index in [1.165, 1.54) is 70.6 Å². The van der Waals surface area contributed by atoms with Gasteiger partial charge in [-0.2, -0.15) is 0 Å². The predicted octanol–water partition coefficient (Wildman–Crippen LogP) is 6.70. The van der Waals surface area contributed by atoms with Gasteiger partial charge in [-0.25, -0.2) is 4.39 Å². The van der Waals surface area contributed by atoms with Crippen LogP contribution in [0.3, 0.4) is 0 Å². The molecule has 5 rings (SSSR count). The Kier molecular flexibility index (Phi) is 5.21. The first-order valence-corrected chi connectivity index (χ1v) is 11.7. The molecule has 2 bridgehead atoms. The topological polar surface area (TPSA) is 8.17 Å². The summed E-state index contributed by atoms with van der Waals surface area (Å²) in [5, 5.41) is 0.782. The predicted molar refractivity (Wildman–Crippen MR) is 114 cm³/mol. The van der Waals surface area contributed by atoms with Gasteiger partial charge in [0.05, 0.1) is 5.52 Å². The van der Waals surface area contributed by atoms with Crippen molar-refractivity contribution in [2.24, 2.45) is 5.92 Å². The molecule has 28 heavy (non-hydrogen) atoms. The van der Waals surface area contributed by atoms with Crippen molar-refractivity contribution >= 4 is 10.9 Å². The van der Waals surface area contributed by atoms with Gasteiger partial charge in [0.1, 0.15) is 5.82 Å². The Morgan fingerprint density at radius 2 is 1.50 bits per heavy atom. The van der Waals surface area contributed by atoms with Gasteiger partial charge >= 0.3 is 0 Å². The van der Waals surface area contributed by atoms with E-state index < -0.39 is 0 Å². The lowest BCUT2D eigenvalue weighted by atomic mass is 9.78. The Morgan fingerprint density at radius 1 is 0.786 bits per heavy atom. The van der Waals surface area contributed by atoms with Crippen LogP contribution in [0.1, 0.15) is 83.6 Å². The Balaban J connectivity index is 1.39. The molecule has 2 aromatic rings. The van der Waals surface area contributed by atoms with E-state index in [9.17, 15) is 4.39 Å². The quantitative estimate of drug-likeness (QED) is 0.561. The molecule has 3 fully saturated rings. The average Bonchev–Trinajstić information content (AvgIpc) is 3.02. The van der Waals surface area contributed by atoms with Crippen molar-refractivity contribution in [2.75, 3.05) is 0 Å². The number of piperidine rings is 2. The molecule has 1 aromatic heterocycles. The summed E-state index contributed by atoms with van der Waals surface area (Å²) in [6.45, 7) is 2.45. The van der Waals surface area contributed by atoms with Gasteiger partial charge in [-0.05, 0) is 63.0 Å². The van der Waals surface area contributed by atoms with Crippen molar-refractivity contribution in [3.05, 3.63) is 36.3 Å². The maximum Gasteiger partial charge on any atom is 0.148 e. The summed E-state index contributed by atoms with van der Waals surface area (Å²) >= 11 is 0. The molecule has 152 valence electrons. The van der Waals surface area contributed by atoms with Gasteiger partial charge in [-0.3, -0.25) is 4.90 Å². The van der Waals surface area contributed by atoms with Crippen LogP contribution in [0.2, 0.25) is 0 Å². The Hall–Kier alpha value is -1.35. The van der Waals surface area contributed by atoms with Crippen molar-refractivity contribution < 1.29 is 4.39 Å². The first kappa shape index (κ1) is 18.7. The number of nitrogens with zero attached hydrogens (tertiary/aromatic N) is 2. The molecule has 0 spiro atoms. The van der Waals surface area contributed by atoms with Crippen molar-refractivity contribution in [3.8, 4) is 0 Å². The molecular weight excluding hydrogens is 347 g/mol. The molecule has 3 heteroatoms. The molecule has 4 unspecified atom stereocenters. The molecule has 0 N–H and O–H groups in total.